The van der Waals surface area contributed by atoms with E-state index in [0.717, 1.165) is 32.4 Å². The topological polar surface area (TPSA) is 46.3 Å². The average Bonchev–Trinajstić information content (AvgIpc) is 2.15. The Hall–Kier alpha value is -0.570. The van der Waals surface area contributed by atoms with Crippen LogP contribution >= 0.6 is 0 Å². The van der Waals surface area contributed by atoms with Crippen molar-refractivity contribution in [3.63, 3.8) is 0 Å². The van der Waals surface area contributed by atoms with Crippen LogP contribution in [0, 0.1) is 5.92 Å². The predicted octanol–water partition coefficient (Wildman–Crippen LogP) is 0.982. The Balaban J connectivity index is 2.46. The summed E-state index contributed by atoms with van der Waals surface area (Å²) in [5.41, 5.74) is 5.81. The van der Waals surface area contributed by atoms with E-state index >= 15 is 0 Å². The SMILES string of the molecule is CCC(C)C(=O)N1CCC[C@@H](N)C1. The van der Waals surface area contributed by atoms with Crippen molar-refractivity contribution in [3.05, 3.63) is 0 Å². The van der Waals surface area contributed by atoms with Crippen molar-refractivity contribution in [2.45, 2.75) is 39.2 Å². The summed E-state index contributed by atoms with van der Waals surface area (Å²) in [4.78, 5) is 13.7. The van der Waals surface area contributed by atoms with Crippen molar-refractivity contribution >= 4 is 5.91 Å². The van der Waals surface area contributed by atoms with Crippen LogP contribution in [0.25, 0.3) is 0 Å². The molecule has 0 aromatic heterocycles. The maximum atomic E-state index is 11.7. The van der Waals surface area contributed by atoms with Crippen LogP contribution in [-0.2, 0) is 4.79 Å². The zero-order chi connectivity index (χ0) is 9.84. The number of hydrogen-bond acceptors (Lipinski definition) is 2. The van der Waals surface area contributed by atoms with Crippen LogP contribution in [0.2, 0.25) is 0 Å². The predicted molar refractivity (Wildman–Crippen MR) is 53.2 cm³/mol. The minimum absolute atomic E-state index is 0.158. The minimum atomic E-state index is 0.158. The smallest absolute Gasteiger partial charge is 0.225 e. The van der Waals surface area contributed by atoms with E-state index in [1.807, 2.05) is 18.7 Å². The molecule has 3 heteroatoms. The molecule has 0 spiro atoms. The molecule has 0 radical (unpaired) electrons. The molecule has 1 unspecified atom stereocenters. The molecule has 0 saturated carbocycles. The van der Waals surface area contributed by atoms with Gasteiger partial charge in [-0.3, -0.25) is 4.79 Å². The molecule has 0 bridgehead atoms. The molecule has 1 aliphatic rings. The highest BCUT2D eigenvalue weighted by Gasteiger charge is 2.23. The van der Waals surface area contributed by atoms with E-state index in [1.165, 1.54) is 0 Å². The first kappa shape index (κ1) is 10.5. The second kappa shape index (κ2) is 4.61. The number of rotatable bonds is 2. The number of nitrogens with two attached hydrogens (primary N) is 1. The number of carbonyl (C=O) groups excluding carboxylic acids is 1. The molecule has 0 aromatic carbocycles. The Bertz CT molecular complexity index is 182. The number of nitrogens with zero attached hydrogens (tertiary/aromatic N) is 1. The summed E-state index contributed by atoms with van der Waals surface area (Å²) in [5, 5.41) is 0. The maximum Gasteiger partial charge on any atom is 0.225 e. The number of amides is 1. The van der Waals surface area contributed by atoms with E-state index in [0.29, 0.717) is 0 Å². The molecule has 13 heavy (non-hydrogen) atoms. The first-order valence-corrected chi connectivity index (χ1v) is 5.19. The van der Waals surface area contributed by atoms with Crippen molar-refractivity contribution in [3.8, 4) is 0 Å². The van der Waals surface area contributed by atoms with Crippen LogP contribution < -0.4 is 5.73 Å². The van der Waals surface area contributed by atoms with E-state index in [1.54, 1.807) is 0 Å². The summed E-state index contributed by atoms with van der Waals surface area (Å²) < 4.78 is 0. The number of carbonyl (C=O) groups is 1. The second-order valence-corrected chi connectivity index (χ2v) is 4.00. The third kappa shape index (κ3) is 2.69. The van der Waals surface area contributed by atoms with Gasteiger partial charge in [0.05, 0.1) is 0 Å². The van der Waals surface area contributed by atoms with E-state index in [-0.39, 0.29) is 17.9 Å². The monoisotopic (exact) mass is 184 g/mol. The van der Waals surface area contributed by atoms with E-state index in [9.17, 15) is 4.79 Å². The fourth-order valence-corrected chi connectivity index (χ4v) is 1.70. The van der Waals surface area contributed by atoms with Gasteiger partial charge in [0.15, 0.2) is 0 Å². The van der Waals surface area contributed by atoms with Gasteiger partial charge in [-0.25, -0.2) is 0 Å². The normalized spacial score (nSPS) is 25.8. The molecule has 0 aliphatic carbocycles. The minimum Gasteiger partial charge on any atom is -0.341 e. The van der Waals surface area contributed by atoms with Gasteiger partial charge in [-0.1, -0.05) is 13.8 Å². The van der Waals surface area contributed by atoms with Crippen LogP contribution in [0.4, 0.5) is 0 Å². The highest BCUT2D eigenvalue weighted by Crippen LogP contribution is 2.13. The maximum absolute atomic E-state index is 11.7. The lowest BCUT2D eigenvalue weighted by Crippen LogP contribution is -2.47. The number of likely N-dealkylation sites (tertiary alicyclic amines) is 1. The van der Waals surface area contributed by atoms with Crippen LogP contribution in [0.3, 0.4) is 0 Å². The van der Waals surface area contributed by atoms with Gasteiger partial charge in [0.25, 0.3) is 0 Å². The summed E-state index contributed by atoms with van der Waals surface area (Å²) in [6.07, 6.45) is 3.04. The summed E-state index contributed by atoms with van der Waals surface area (Å²) in [5.74, 6) is 0.433. The highest BCUT2D eigenvalue weighted by molar-refractivity contribution is 5.78. The molecule has 2 N–H and O–H groups in total. The van der Waals surface area contributed by atoms with Crippen molar-refractivity contribution in [1.82, 2.24) is 4.90 Å². The van der Waals surface area contributed by atoms with E-state index in [2.05, 4.69) is 0 Å². The summed E-state index contributed by atoms with van der Waals surface area (Å²) in [6.45, 7) is 5.69. The van der Waals surface area contributed by atoms with E-state index < -0.39 is 0 Å². The van der Waals surface area contributed by atoms with Crippen LogP contribution in [0.1, 0.15) is 33.1 Å². The van der Waals surface area contributed by atoms with Gasteiger partial charge in [0.2, 0.25) is 5.91 Å². The first-order chi connectivity index (χ1) is 6.15. The van der Waals surface area contributed by atoms with Gasteiger partial charge in [0.1, 0.15) is 0 Å². The van der Waals surface area contributed by atoms with Gasteiger partial charge in [-0.15, -0.1) is 0 Å². The molecule has 76 valence electrons. The highest BCUT2D eigenvalue weighted by atomic mass is 16.2. The molecule has 1 saturated heterocycles. The fraction of sp³-hybridized carbons (Fsp3) is 0.900. The second-order valence-electron chi connectivity index (χ2n) is 4.00. The molecule has 2 atom stereocenters. The Labute approximate surface area is 80.3 Å². The first-order valence-electron chi connectivity index (χ1n) is 5.19. The van der Waals surface area contributed by atoms with Gasteiger partial charge < -0.3 is 10.6 Å². The summed E-state index contributed by atoms with van der Waals surface area (Å²) in [7, 11) is 0. The lowest BCUT2D eigenvalue weighted by Gasteiger charge is -2.32. The molecular formula is C10H20N2O. The van der Waals surface area contributed by atoms with Crippen molar-refractivity contribution in [1.29, 1.82) is 0 Å². The molecule has 1 fully saturated rings. The number of hydrogen-bond donors (Lipinski definition) is 1. The van der Waals surface area contributed by atoms with E-state index in [4.69, 9.17) is 5.73 Å². The summed E-state index contributed by atoms with van der Waals surface area (Å²) >= 11 is 0. The van der Waals surface area contributed by atoms with Crippen LogP contribution in [0.5, 0.6) is 0 Å². The molecular weight excluding hydrogens is 164 g/mol. The number of piperidine rings is 1. The zero-order valence-electron chi connectivity index (χ0n) is 8.62. The van der Waals surface area contributed by atoms with Crippen molar-refractivity contribution in [2.75, 3.05) is 13.1 Å². The van der Waals surface area contributed by atoms with Crippen LogP contribution in [0.15, 0.2) is 0 Å². The third-order valence-corrected chi connectivity index (χ3v) is 2.80. The third-order valence-electron chi connectivity index (χ3n) is 2.80. The molecule has 1 amide bonds. The molecule has 1 rings (SSSR count). The Kier molecular flexibility index (Phi) is 3.72. The lowest BCUT2D eigenvalue weighted by atomic mass is 10.0. The van der Waals surface area contributed by atoms with Crippen molar-refractivity contribution < 1.29 is 4.79 Å². The van der Waals surface area contributed by atoms with Gasteiger partial charge >= 0.3 is 0 Å². The van der Waals surface area contributed by atoms with Crippen molar-refractivity contribution in [2.24, 2.45) is 11.7 Å². The van der Waals surface area contributed by atoms with Gasteiger partial charge in [-0.05, 0) is 19.3 Å². The Morgan fingerprint density at radius 2 is 2.38 bits per heavy atom. The summed E-state index contributed by atoms with van der Waals surface area (Å²) in [6, 6.07) is 0.196. The zero-order valence-corrected chi connectivity index (χ0v) is 8.62. The van der Waals surface area contributed by atoms with Gasteiger partial charge in [0, 0.05) is 25.0 Å². The Morgan fingerprint density at radius 1 is 1.69 bits per heavy atom. The van der Waals surface area contributed by atoms with Gasteiger partial charge in [-0.2, -0.15) is 0 Å². The molecule has 1 aliphatic heterocycles. The fourth-order valence-electron chi connectivity index (χ4n) is 1.70. The largest absolute Gasteiger partial charge is 0.341 e. The molecule has 3 nitrogen and oxygen atoms in total. The standard InChI is InChI=1S/C10H20N2O/c1-3-8(2)10(13)12-6-4-5-9(11)7-12/h8-9H,3-7,11H2,1-2H3/t8?,9-/m1/s1. The average molecular weight is 184 g/mol. The molecule has 0 aromatic rings. The quantitative estimate of drug-likeness (QED) is 0.695. The van der Waals surface area contributed by atoms with Crippen LogP contribution in [-0.4, -0.2) is 29.9 Å². The Morgan fingerprint density at radius 3 is 2.92 bits per heavy atom. The molecule has 1 heterocycles. The lowest BCUT2D eigenvalue weighted by molar-refractivity contribution is -0.136.